The maximum absolute atomic E-state index is 11.3. The summed E-state index contributed by atoms with van der Waals surface area (Å²) < 4.78 is 9.06. The number of esters is 1. The van der Waals surface area contributed by atoms with Gasteiger partial charge in [-0.15, -0.1) is 0 Å². The number of carbonyl (C=O) groups is 2. The summed E-state index contributed by atoms with van der Waals surface area (Å²) in [6.07, 6.45) is -0.392. The van der Waals surface area contributed by atoms with Crippen LogP contribution in [0.4, 0.5) is 4.79 Å². The molecule has 0 saturated heterocycles. The molecule has 96 valence electrons. The van der Waals surface area contributed by atoms with E-state index in [4.69, 9.17) is 5.53 Å². The van der Waals surface area contributed by atoms with E-state index in [2.05, 4.69) is 24.8 Å². The van der Waals surface area contributed by atoms with E-state index in [0.29, 0.717) is 6.42 Å². The van der Waals surface area contributed by atoms with E-state index in [1.807, 2.05) is 13.8 Å². The Labute approximate surface area is 98.9 Å². The number of methoxy groups -OCH3 is 1. The fourth-order valence-electron chi connectivity index (χ4n) is 1.12. The minimum atomic E-state index is -0.826. The molecule has 0 aromatic carbocycles. The first-order valence-electron chi connectivity index (χ1n) is 5.03. The van der Waals surface area contributed by atoms with Gasteiger partial charge in [0.15, 0.2) is 6.73 Å². The fourth-order valence-corrected chi connectivity index (χ4v) is 1.12. The van der Waals surface area contributed by atoms with E-state index in [0.717, 1.165) is 0 Å². The third-order valence-corrected chi connectivity index (χ3v) is 1.80. The average molecular weight is 244 g/mol. The molecule has 1 amide bonds. The second-order valence-electron chi connectivity index (χ2n) is 3.64. The van der Waals surface area contributed by atoms with Crippen molar-refractivity contribution >= 4 is 12.1 Å². The number of nitrogens with one attached hydrogen (secondary N) is 1. The van der Waals surface area contributed by atoms with Crippen molar-refractivity contribution in [3.8, 4) is 0 Å². The average Bonchev–Trinajstić information content (AvgIpc) is 2.27. The topological polar surface area (TPSA) is 113 Å². The maximum Gasteiger partial charge on any atom is 0.407 e. The minimum absolute atomic E-state index is 0.205. The van der Waals surface area contributed by atoms with Crippen LogP contribution in [0.2, 0.25) is 0 Å². The molecule has 17 heavy (non-hydrogen) atoms. The van der Waals surface area contributed by atoms with Crippen molar-refractivity contribution in [2.45, 2.75) is 26.3 Å². The summed E-state index contributed by atoms with van der Waals surface area (Å²) in [5.74, 6) is -0.337. The normalized spacial score (nSPS) is 11.3. The predicted octanol–water partition coefficient (Wildman–Crippen LogP) is 1.57. The van der Waals surface area contributed by atoms with E-state index in [-0.39, 0.29) is 5.92 Å². The third-order valence-electron chi connectivity index (χ3n) is 1.80. The van der Waals surface area contributed by atoms with Gasteiger partial charge in [-0.3, -0.25) is 0 Å². The minimum Gasteiger partial charge on any atom is -0.467 e. The molecule has 0 aliphatic rings. The maximum atomic E-state index is 11.3. The van der Waals surface area contributed by atoms with Crippen LogP contribution >= 0.6 is 0 Å². The highest BCUT2D eigenvalue weighted by molar-refractivity contribution is 5.81. The number of amides is 1. The van der Waals surface area contributed by atoms with Gasteiger partial charge in [0.05, 0.1) is 7.11 Å². The van der Waals surface area contributed by atoms with Crippen molar-refractivity contribution in [1.82, 2.24) is 5.32 Å². The Balaban J connectivity index is 4.26. The quantitative estimate of drug-likeness (QED) is 0.330. The standard InChI is InChI=1S/C9H16N4O4/c1-6(2)4-7(8(14)16-3)12-9(15)17-5-11-13-10/h6-7H,4-5H2,1-3H3,(H,12,15)/t7-/m0/s1. The van der Waals surface area contributed by atoms with Gasteiger partial charge < -0.3 is 14.8 Å². The van der Waals surface area contributed by atoms with Crippen molar-refractivity contribution in [2.75, 3.05) is 13.8 Å². The molecule has 0 fully saturated rings. The van der Waals surface area contributed by atoms with Crippen molar-refractivity contribution in [2.24, 2.45) is 11.0 Å². The Kier molecular flexibility index (Phi) is 7.29. The Morgan fingerprint density at radius 1 is 1.47 bits per heavy atom. The van der Waals surface area contributed by atoms with Gasteiger partial charge in [0.2, 0.25) is 0 Å². The molecule has 0 radical (unpaired) electrons. The van der Waals surface area contributed by atoms with Gasteiger partial charge >= 0.3 is 12.1 Å². The van der Waals surface area contributed by atoms with Crippen molar-refractivity contribution in [3.05, 3.63) is 10.4 Å². The summed E-state index contributed by atoms with van der Waals surface area (Å²) in [5, 5.41) is 5.37. The number of nitrogens with zero attached hydrogens (tertiary/aromatic N) is 3. The highest BCUT2D eigenvalue weighted by Gasteiger charge is 2.22. The lowest BCUT2D eigenvalue weighted by molar-refractivity contribution is -0.143. The molecule has 0 rings (SSSR count). The zero-order chi connectivity index (χ0) is 13.3. The summed E-state index contributed by atoms with van der Waals surface area (Å²) in [5.41, 5.74) is 7.98. The molecule has 1 atom stereocenters. The Morgan fingerprint density at radius 3 is 2.59 bits per heavy atom. The fraction of sp³-hybridized carbons (Fsp3) is 0.778. The molecular formula is C9H16N4O4. The van der Waals surface area contributed by atoms with Crippen molar-refractivity contribution < 1.29 is 19.1 Å². The molecule has 8 heteroatoms. The van der Waals surface area contributed by atoms with E-state index in [9.17, 15) is 9.59 Å². The zero-order valence-corrected chi connectivity index (χ0v) is 10.0. The van der Waals surface area contributed by atoms with Gasteiger partial charge in [-0.1, -0.05) is 19.0 Å². The van der Waals surface area contributed by atoms with Crippen molar-refractivity contribution in [1.29, 1.82) is 0 Å². The summed E-state index contributed by atoms with van der Waals surface area (Å²) in [7, 11) is 1.24. The molecule has 1 N–H and O–H groups in total. The summed E-state index contributed by atoms with van der Waals surface area (Å²) in [6, 6.07) is -0.765. The largest absolute Gasteiger partial charge is 0.467 e. The first-order chi connectivity index (χ1) is 8.01. The number of carbonyl (C=O) groups excluding carboxylic acids is 2. The molecule has 0 aromatic rings. The van der Waals surface area contributed by atoms with Gasteiger partial charge in [0.1, 0.15) is 6.04 Å². The summed E-state index contributed by atoms with van der Waals surface area (Å²) >= 11 is 0. The van der Waals surface area contributed by atoms with Gasteiger partial charge in [-0.05, 0) is 17.9 Å². The number of ether oxygens (including phenoxy) is 2. The highest BCUT2D eigenvalue weighted by Crippen LogP contribution is 2.06. The Bertz CT molecular complexity index is 312. The van der Waals surface area contributed by atoms with Crippen LogP contribution < -0.4 is 5.32 Å². The molecule has 0 bridgehead atoms. The number of azide groups is 1. The van der Waals surface area contributed by atoms with E-state index < -0.39 is 24.8 Å². The second-order valence-corrected chi connectivity index (χ2v) is 3.64. The first kappa shape index (κ1) is 15.0. The summed E-state index contributed by atoms with van der Waals surface area (Å²) in [4.78, 5) is 25.0. The zero-order valence-electron chi connectivity index (χ0n) is 10.0. The van der Waals surface area contributed by atoms with E-state index in [1.165, 1.54) is 7.11 Å². The van der Waals surface area contributed by atoms with Gasteiger partial charge in [0.25, 0.3) is 0 Å². The van der Waals surface area contributed by atoms with Gasteiger partial charge in [-0.25, -0.2) is 9.59 Å². The highest BCUT2D eigenvalue weighted by atomic mass is 16.6. The molecule has 0 saturated carbocycles. The number of rotatable bonds is 6. The molecule has 0 spiro atoms. The molecule has 0 unspecified atom stereocenters. The molecule has 0 aliphatic heterocycles. The molecular weight excluding hydrogens is 228 g/mol. The lowest BCUT2D eigenvalue weighted by atomic mass is 10.0. The second kappa shape index (κ2) is 8.23. The lowest BCUT2D eigenvalue weighted by Gasteiger charge is -2.17. The number of alkyl carbamates (subject to hydrolysis) is 1. The van der Waals surface area contributed by atoms with Crippen LogP contribution in [0.5, 0.6) is 0 Å². The van der Waals surface area contributed by atoms with E-state index >= 15 is 0 Å². The molecule has 0 heterocycles. The lowest BCUT2D eigenvalue weighted by Crippen LogP contribution is -2.42. The Hall–Kier alpha value is -1.95. The molecule has 8 nitrogen and oxygen atoms in total. The third kappa shape index (κ3) is 7.02. The first-order valence-corrected chi connectivity index (χ1v) is 5.03. The van der Waals surface area contributed by atoms with Crippen LogP contribution in [0.1, 0.15) is 20.3 Å². The SMILES string of the molecule is COC(=O)[C@H](CC(C)C)NC(=O)OCN=[N+]=[N-]. The smallest absolute Gasteiger partial charge is 0.407 e. The van der Waals surface area contributed by atoms with Gasteiger partial charge in [-0.2, -0.15) is 0 Å². The van der Waals surface area contributed by atoms with Crippen LogP contribution in [0, 0.1) is 5.92 Å². The van der Waals surface area contributed by atoms with Crippen LogP contribution in [0.15, 0.2) is 5.11 Å². The Morgan fingerprint density at radius 2 is 2.12 bits per heavy atom. The van der Waals surface area contributed by atoms with Gasteiger partial charge in [0, 0.05) is 4.91 Å². The van der Waals surface area contributed by atoms with Crippen molar-refractivity contribution in [3.63, 3.8) is 0 Å². The van der Waals surface area contributed by atoms with Crippen LogP contribution in [0.3, 0.4) is 0 Å². The molecule has 0 aliphatic carbocycles. The monoisotopic (exact) mass is 244 g/mol. The number of hydrogen-bond donors (Lipinski definition) is 1. The number of hydrogen-bond acceptors (Lipinski definition) is 5. The summed E-state index contributed by atoms with van der Waals surface area (Å²) in [6.45, 7) is 3.39. The molecule has 0 aromatic heterocycles. The van der Waals surface area contributed by atoms with Crippen LogP contribution in [0.25, 0.3) is 10.4 Å². The van der Waals surface area contributed by atoms with Crippen LogP contribution in [-0.4, -0.2) is 31.9 Å². The van der Waals surface area contributed by atoms with E-state index in [1.54, 1.807) is 0 Å². The predicted molar refractivity (Wildman–Crippen MR) is 58.9 cm³/mol. The van der Waals surface area contributed by atoms with Crippen LogP contribution in [-0.2, 0) is 14.3 Å².